The zero-order valence-corrected chi connectivity index (χ0v) is 11.8. The van der Waals surface area contributed by atoms with Gasteiger partial charge in [0.05, 0.1) is 31.2 Å². The van der Waals surface area contributed by atoms with E-state index in [0.717, 1.165) is 5.39 Å². The van der Waals surface area contributed by atoms with Crippen LogP contribution in [0, 0.1) is 0 Å². The summed E-state index contributed by atoms with van der Waals surface area (Å²) >= 11 is 0. The Labute approximate surface area is 120 Å². The van der Waals surface area contributed by atoms with Crippen LogP contribution in [0.1, 0.15) is 5.82 Å². The minimum atomic E-state index is -0.304. The molecule has 2 aromatic heterocycles. The smallest absolute Gasteiger partial charge is 0.240 e. The van der Waals surface area contributed by atoms with E-state index in [9.17, 15) is 9.59 Å². The van der Waals surface area contributed by atoms with E-state index >= 15 is 0 Å². The molecule has 1 saturated heterocycles. The minimum absolute atomic E-state index is 0.160. The van der Waals surface area contributed by atoms with Gasteiger partial charge in [0.2, 0.25) is 11.8 Å². The molecule has 2 amide bonds. The molecule has 3 rings (SSSR count). The first-order valence-corrected chi connectivity index (χ1v) is 6.48. The van der Waals surface area contributed by atoms with Crippen molar-refractivity contribution < 1.29 is 9.59 Å². The van der Waals surface area contributed by atoms with Crippen LogP contribution < -0.4 is 10.6 Å². The zero-order chi connectivity index (χ0) is 15.0. The van der Waals surface area contributed by atoms with E-state index in [0.29, 0.717) is 23.8 Å². The van der Waals surface area contributed by atoms with Gasteiger partial charge in [-0.15, -0.1) is 0 Å². The molecule has 2 N–H and O–H groups in total. The summed E-state index contributed by atoms with van der Waals surface area (Å²) < 4.78 is 1.66. The quantitative estimate of drug-likeness (QED) is 0.688. The fourth-order valence-corrected chi connectivity index (χ4v) is 2.34. The van der Waals surface area contributed by atoms with Crippen molar-refractivity contribution in [2.75, 3.05) is 25.5 Å². The summed E-state index contributed by atoms with van der Waals surface area (Å²) in [5.74, 6) is 0.609. The number of hydrogen-bond acceptors (Lipinski definition) is 7. The number of fused-ring (bicyclic) bond motifs is 1. The third-order valence-corrected chi connectivity index (χ3v) is 3.25. The van der Waals surface area contributed by atoms with Crippen LogP contribution in [0.5, 0.6) is 0 Å². The van der Waals surface area contributed by atoms with Gasteiger partial charge in [0.1, 0.15) is 11.6 Å². The monoisotopic (exact) mass is 289 g/mol. The Morgan fingerprint density at radius 3 is 2.67 bits per heavy atom. The fourth-order valence-electron chi connectivity index (χ4n) is 2.34. The normalized spacial score (nSPS) is 16.3. The molecular weight excluding hydrogens is 274 g/mol. The SMILES string of the molecule is CNc1nc(CN2CC(=O)NC(=O)C2)nc2c1cnn2C. The molecule has 2 aromatic rings. The van der Waals surface area contributed by atoms with Crippen molar-refractivity contribution in [1.29, 1.82) is 0 Å². The Bertz CT molecular complexity index is 708. The maximum absolute atomic E-state index is 11.4. The molecule has 0 spiro atoms. The summed E-state index contributed by atoms with van der Waals surface area (Å²) in [5, 5.41) is 10.3. The van der Waals surface area contributed by atoms with Gasteiger partial charge in [0.15, 0.2) is 5.65 Å². The molecular formula is C12H15N7O2. The molecule has 1 aliphatic rings. The number of aryl methyl sites for hydroxylation is 1. The summed E-state index contributed by atoms with van der Waals surface area (Å²) in [6.07, 6.45) is 1.70. The summed E-state index contributed by atoms with van der Waals surface area (Å²) in [5.41, 5.74) is 0.706. The lowest BCUT2D eigenvalue weighted by atomic mass is 10.3. The topological polar surface area (TPSA) is 105 Å². The first-order chi connectivity index (χ1) is 10.1. The second-order valence-corrected chi connectivity index (χ2v) is 4.86. The molecule has 1 fully saturated rings. The highest BCUT2D eigenvalue weighted by Crippen LogP contribution is 2.19. The number of amides is 2. The highest BCUT2D eigenvalue weighted by Gasteiger charge is 2.23. The van der Waals surface area contributed by atoms with Gasteiger partial charge in [-0.2, -0.15) is 5.10 Å². The first-order valence-electron chi connectivity index (χ1n) is 6.48. The Morgan fingerprint density at radius 1 is 1.29 bits per heavy atom. The molecule has 110 valence electrons. The molecule has 1 aliphatic heterocycles. The summed E-state index contributed by atoms with van der Waals surface area (Å²) in [6.45, 7) is 0.649. The standard InChI is InChI=1S/C12H15N7O2/c1-13-11-7-3-14-18(2)12(7)16-8(15-11)4-19-5-9(20)17-10(21)6-19/h3H,4-6H2,1-2H3,(H,13,15,16)(H,17,20,21). The minimum Gasteiger partial charge on any atom is -0.372 e. The predicted molar refractivity (Wildman–Crippen MR) is 74.3 cm³/mol. The summed E-state index contributed by atoms with van der Waals surface area (Å²) in [4.78, 5) is 33.3. The van der Waals surface area contributed by atoms with Crippen molar-refractivity contribution in [2.45, 2.75) is 6.54 Å². The van der Waals surface area contributed by atoms with Gasteiger partial charge < -0.3 is 5.32 Å². The summed E-state index contributed by atoms with van der Waals surface area (Å²) in [6, 6.07) is 0. The lowest BCUT2D eigenvalue weighted by molar-refractivity contribution is -0.136. The van der Waals surface area contributed by atoms with E-state index in [1.54, 1.807) is 29.9 Å². The lowest BCUT2D eigenvalue weighted by Gasteiger charge is -2.24. The van der Waals surface area contributed by atoms with E-state index in [2.05, 4.69) is 25.7 Å². The number of imide groups is 1. The van der Waals surface area contributed by atoms with Gasteiger partial charge in [0.25, 0.3) is 0 Å². The maximum Gasteiger partial charge on any atom is 0.240 e. The highest BCUT2D eigenvalue weighted by molar-refractivity contribution is 5.99. The molecule has 21 heavy (non-hydrogen) atoms. The number of piperazine rings is 1. The van der Waals surface area contributed by atoms with Gasteiger partial charge in [-0.05, 0) is 0 Å². The van der Waals surface area contributed by atoms with Crippen molar-refractivity contribution in [3.05, 3.63) is 12.0 Å². The van der Waals surface area contributed by atoms with Crippen LogP contribution in [0.2, 0.25) is 0 Å². The van der Waals surface area contributed by atoms with Crippen molar-refractivity contribution in [3.63, 3.8) is 0 Å². The van der Waals surface area contributed by atoms with Crippen molar-refractivity contribution in [3.8, 4) is 0 Å². The molecule has 0 radical (unpaired) electrons. The largest absolute Gasteiger partial charge is 0.372 e. The third-order valence-electron chi connectivity index (χ3n) is 3.25. The molecule has 0 aliphatic carbocycles. The van der Waals surface area contributed by atoms with Crippen LogP contribution in [0.15, 0.2) is 6.20 Å². The number of rotatable bonds is 3. The predicted octanol–water partition coefficient (Wildman–Crippen LogP) is -1.14. The number of nitrogens with zero attached hydrogens (tertiary/aromatic N) is 5. The number of aromatic nitrogens is 4. The van der Waals surface area contributed by atoms with Gasteiger partial charge in [-0.1, -0.05) is 0 Å². The van der Waals surface area contributed by atoms with E-state index in [4.69, 9.17) is 0 Å². The van der Waals surface area contributed by atoms with Crippen molar-refractivity contribution >= 4 is 28.7 Å². The molecule has 0 bridgehead atoms. The number of carbonyl (C=O) groups excluding carboxylic acids is 2. The number of hydrogen-bond donors (Lipinski definition) is 2. The van der Waals surface area contributed by atoms with E-state index in [1.807, 2.05) is 0 Å². The molecule has 0 aromatic carbocycles. The Kier molecular flexibility index (Phi) is 3.26. The maximum atomic E-state index is 11.4. The van der Waals surface area contributed by atoms with Crippen LogP contribution in [-0.2, 0) is 23.2 Å². The number of carbonyl (C=O) groups is 2. The molecule has 0 saturated carbocycles. The molecule has 0 atom stereocenters. The fraction of sp³-hybridized carbons (Fsp3) is 0.417. The summed E-state index contributed by atoms with van der Waals surface area (Å²) in [7, 11) is 3.58. The Morgan fingerprint density at radius 2 is 2.00 bits per heavy atom. The second kappa shape index (κ2) is 5.09. The van der Waals surface area contributed by atoms with E-state index < -0.39 is 0 Å². The van der Waals surface area contributed by atoms with Crippen molar-refractivity contribution in [1.82, 2.24) is 30.0 Å². The van der Waals surface area contributed by atoms with Crippen molar-refractivity contribution in [2.24, 2.45) is 7.05 Å². The Balaban J connectivity index is 1.91. The molecule has 0 unspecified atom stereocenters. The van der Waals surface area contributed by atoms with Gasteiger partial charge >= 0.3 is 0 Å². The zero-order valence-electron chi connectivity index (χ0n) is 11.8. The number of anilines is 1. The first kappa shape index (κ1) is 13.4. The second-order valence-electron chi connectivity index (χ2n) is 4.86. The van der Waals surface area contributed by atoms with Gasteiger partial charge in [-0.25, -0.2) is 9.97 Å². The van der Waals surface area contributed by atoms with Crippen LogP contribution in [0.3, 0.4) is 0 Å². The lowest BCUT2D eigenvalue weighted by Crippen LogP contribution is -2.51. The molecule has 3 heterocycles. The third kappa shape index (κ3) is 2.55. The molecule has 9 heteroatoms. The average Bonchev–Trinajstić information content (AvgIpc) is 2.79. The highest BCUT2D eigenvalue weighted by atomic mass is 16.2. The van der Waals surface area contributed by atoms with Crippen LogP contribution in [-0.4, -0.2) is 56.6 Å². The van der Waals surface area contributed by atoms with Crippen LogP contribution >= 0.6 is 0 Å². The number of nitrogens with one attached hydrogen (secondary N) is 2. The van der Waals surface area contributed by atoms with Crippen LogP contribution in [0.4, 0.5) is 5.82 Å². The Hall–Kier alpha value is -2.55. The van der Waals surface area contributed by atoms with Crippen LogP contribution in [0.25, 0.3) is 11.0 Å². The average molecular weight is 289 g/mol. The van der Waals surface area contributed by atoms with E-state index in [1.165, 1.54) is 0 Å². The molecule has 9 nitrogen and oxygen atoms in total. The van der Waals surface area contributed by atoms with Gasteiger partial charge in [0, 0.05) is 14.1 Å². The van der Waals surface area contributed by atoms with Gasteiger partial charge in [-0.3, -0.25) is 24.5 Å². The van der Waals surface area contributed by atoms with E-state index in [-0.39, 0.29) is 24.9 Å².